The fraction of sp³-hybridized carbons (Fsp3) is 0.455. The zero-order valence-electron chi connectivity index (χ0n) is 9.90. The molecule has 2 heterocycles. The van der Waals surface area contributed by atoms with Crippen molar-refractivity contribution in [1.29, 1.82) is 0 Å². The summed E-state index contributed by atoms with van der Waals surface area (Å²) in [6, 6.07) is 2.93. The average Bonchev–Trinajstić information content (AvgIpc) is 2.84. The topological polar surface area (TPSA) is 62.6 Å². The van der Waals surface area contributed by atoms with E-state index in [0.29, 0.717) is 30.6 Å². The van der Waals surface area contributed by atoms with Crippen molar-refractivity contribution in [3.63, 3.8) is 0 Å². The van der Waals surface area contributed by atoms with Gasteiger partial charge in [0.05, 0.1) is 5.75 Å². The van der Waals surface area contributed by atoms with Gasteiger partial charge in [-0.3, -0.25) is 9.59 Å². The number of nitrogens with zero attached hydrogens (tertiary/aromatic N) is 1. The van der Waals surface area contributed by atoms with Gasteiger partial charge in [0.15, 0.2) is 5.76 Å². The molecule has 8 heteroatoms. The average molecular weight is 290 g/mol. The summed E-state index contributed by atoms with van der Waals surface area (Å²) in [6.45, 7) is 0.798. The predicted octanol–water partition coefficient (Wildman–Crippen LogP) is 1.31. The third kappa shape index (κ3) is 3.69. The standard InChI is InChI=1S/C11H12F2N2O3S/c12-11(13)19-6-7-1-2-8(18-7)10(17)15-4-3-14-9(16)5-15/h1-2,11H,3-6H2,(H,14,16). The summed E-state index contributed by atoms with van der Waals surface area (Å²) < 4.78 is 29.2. The maximum atomic E-state index is 12.0. The van der Waals surface area contributed by atoms with E-state index in [-0.39, 0.29) is 24.0 Å². The molecule has 0 aromatic carbocycles. The maximum Gasteiger partial charge on any atom is 0.290 e. The summed E-state index contributed by atoms with van der Waals surface area (Å²) in [5.74, 6) is -2.71. The van der Waals surface area contributed by atoms with Gasteiger partial charge in [-0.2, -0.15) is 8.78 Å². The van der Waals surface area contributed by atoms with Gasteiger partial charge in [-0.05, 0) is 12.1 Å². The number of carbonyl (C=O) groups excluding carboxylic acids is 2. The van der Waals surface area contributed by atoms with Crippen molar-refractivity contribution < 1.29 is 22.8 Å². The molecule has 1 saturated heterocycles. The van der Waals surface area contributed by atoms with Crippen molar-refractivity contribution in [3.8, 4) is 0 Å². The second-order valence-electron chi connectivity index (χ2n) is 3.91. The van der Waals surface area contributed by atoms with E-state index in [1.54, 1.807) is 0 Å². The molecule has 2 rings (SSSR count). The Bertz CT molecular complexity index is 478. The fourth-order valence-electron chi connectivity index (χ4n) is 1.68. The molecule has 0 aliphatic carbocycles. The molecule has 0 unspecified atom stereocenters. The fourth-order valence-corrected chi connectivity index (χ4v) is 2.13. The van der Waals surface area contributed by atoms with Crippen molar-refractivity contribution in [2.24, 2.45) is 0 Å². The van der Waals surface area contributed by atoms with Crippen molar-refractivity contribution in [3.05, 3.63) is 23.7 Å². The largest absolute Gasteiger partial charge is 0.455 e. The maximum absolute atomic E-state index is 12.0. The van der Waals surface area contributed by atoms with E-state index < -0.39 is 11.7 Å². The van der Waals surface area contributed by atoms with E-state index in [0.717, 1.165) is 0 Å². The summed E-state index contributed by atoms with van der Waals surface area (Å²) in [4.78, 5) is 24.5. The normalized spacial score (nSPS) is 15.7. The zero-order chi connectivity index (χ0) is 13.8. The van der Waals surface area contributed by atoms with E-state index in [1.165, 1.54) is 17.0 Å². The molecule has 0 radical (unpaired) electrons. The van der Waals surface area contributed by atoms with Gasteiger partial charge >= 0.3 is 0 Å². The molecule has 0 saturated carbocycles. The van der Waals surface area contributed by atoms with Crippen molar-refractivity contribution >= 4 is 23.6 Å². The first-order chi connectivity index (χ1) is 9.06. The first-order valence-electron chi connectivity index (χ1n) is 5.60. The van der Waals surface area contributed by atoms with Crippen LogP contribution in [0.5, 0.6) is 0 Å². The Hall–Kier alpha value is -1.57. The minimum absolute atomic E-state index is 0.00539. The summed E-state index contributed by atoms with van der Waals surface area (Å²) >= 11 is 0.429. The van der Waals surface area contributed by atoms with Crippen LogP contribution in [-0.4, -0.2) is 42.1 Å². The van der Waals surface area contributed by atoms with E-state index in [9.17, 15) is 18.4 Å². The Labute approximate surface area is 112 Å². The quantitative estimate of drug-likeness (QED) is 0.908. The highest BCUT2D eigenvalue weighted by Crippen LogP contribution is 2.21. The highest BCUT2D eigenvalue weighted by Gasteiger charge is 2.24. The number of furan rings is 1. The number of piperazine rings is 1. The number of amides is 2. The van der Waals surface area contributed by atoms with Crippen LogP contribution >= 0.6 is 11.8 Å². The lowest BCUT2D eigenvalue weighted by atomic mass is 10.3. The Morgan fingerprint density at radius 1 is 1.53 bits per heavy atom. The molecule has 1 aliphatic heterocycles. The number of rotatable bonds is 4. The highest BCUT2D eigenvalue weighted by atomic mass is 32.2. The van der Waals surface area contributed by atoms with Crippen LogP contribution in [0.4, 0.5) is 8.78 Å². The van der Waals surface area contributed by atoms with Gasteiger partial charge in [-0.25, -0.2) is 0 Å². The number of alkyl halides is 2. The van der Waals surface area contributed by atoms with Crippen molar-refractivity contribution in [2.75, 3.05) is 19.6 Å². The Balaban J connectivity index is 1.97. The van der Waals surface area contributed by atoms with E-state index >= 15 is 0 Å². The third-order valence-corrected chi connectivity index (χ3v) is 3.25. The molecule has 19 heavy (non-hydrogen) atoms. The van der Waals surface area contributed by atoms with Crippen LogP contribution in [0.1, 0.15) is 16.3 Å². The molecule has 0 spiro atoms. The number of nitrogens with one attached hydrogen (secondary N) is 1. The molecule has 1 N–H and O–H groups in total. The number of carbonyl (C=O) groups is 2. The van der Waals surface area contributed by atoms with Crippen LogP contribution in [0.2, 0.25) is 0 Å². The van der Waals surface area contributed by atoms with Crippen molar-refractivity contribution in [1.82, 2.24) is 10.2 Å². The molecule has 2 amide bonds. The first kappa shape index (κ1) is 13.9. The molecule has 104 valence electrons. The van der Waals surface area contributed by atoms with Gasteiger partial charge in [-0.15, -0.1) is 0 Å². The lowest BCUT2D eigenvalue weighted by molar-refractivity contribution is -0.123. The molecule has 0 atom stereocenters. The lowest BCUT2D eigenvalue weighted by Crippen LogP contribution is -2.49. The third-order valence-electron chi connectivity index (χ3n) is 2.55. The SMILES string of the molecule is O=C1CN(C(=O)c2ccc(CSC(F)F)o2)CCN1. The number of halogens is 2. The van der Waals surface area contributed by atoms with Crippen LogP contribution < -0.4 is 5.32 Å². The lowest BCUT2D eigenvalue weighted by Gasteiger charge is -2.25. The van der Waals surface area contributed by atoms with E-state index in [4.69, 9.17) is 4.42 Å². The van der Waals surface area contributed by atoms with Gasteiger partial charge in [0.1, 0.15) is 12.3 Å². The number of hydrogen-bond donors (Lipinski definition) is 1. The summed E-state index contributed by atoms with van der Waals surface area (Å²) in [6.07, 6.45) is 0. The molecule has 1 aliphatic rings. The van der Waals surface area contributed by atoms with Gasteiger partial charge in [0.25, 0.3) is 11.7 Å². The van der Waals surface area contributed by atoms with Gasteiger partial charge in [0, 0.05) is 13.1 Å². The van der Waals surface area contributed by atoms with Crippen LogP contribution in [0.25, 0.3) is 0 Å². The molecule has 1 fully saturated rings. The van der Waals surface area contributed by atoms with Crippen LogP contribution in [-0.2, 0) is 10.5 Å². The van der Waals surface area contributed by atoms with Crippen LogP contribution in [0.3, 0.4) is 0 Å². The van der Waals surface area contributed by atoms with Gasteiger partial charge in [-0.1, -0.05) is 11.8 Å². The second-order valence-corrected chi connectivity index (χ2v) is 4.89. The van der Waals surface area contributed by atoms with E-state index in [2.05, 4.69) is 5.32 Å². The predicted molar refractivity (Wildman–Crippen MR) is 64.9 cm³/mol. The minimum atomic E-state index is -2.48. The summed E-state index contributed by atoms with van der Waals surface area (Å²) in [5, 5.41) is 2.61. The Morgan fingerprint density at radius 2 is 2.32 bits per heavy atom. The van der Waals surface area contributed by atoms with E-state index in [1.807, 2.05) is 0 Å². The minimum Gasteiger partial charge on any atom is -0.455 e. The zero-order valence-corrected chi connectivity index (χ0v) is 10.7. The van der Waals surface area contributed by atoms with Gasteiger partial charge < -0.3 is 14.6 Å². The molecule has 0 bridgehead atoms. The van der Waals surface area contributed by atoms with Crippen LogP contribution in [0.15, 0.2) is 16.5 Å². The smallest absolute Gasteiger partial charge is 0.290 e. The summed E-state index contributed by atoms with van der Waals surface area (Å²) in [5.41, 5.74) is 0. The first-order valence-corrected chi connectivity index (χ1v) is 6.65. The van der Waals surface area contributed by atoms with Crippen LogP contribution in [0, 0.1) is 0 Å². The summed E-state index contributed by atoms with van der Waals surface area (Å²) in [7, 11) is 0. The molecule has 1 aromatic rings. The monoisotopic (exact) mass is 290 g/mol. The Kier molecular flexibility index (Phi) is 4.41. The molecular weight excluding hydrogens is 278 g/mol. The highest BCUT2D eigenvalue weighted by molar-refractivity contribution is 7.98. The molecular formula is C11H12F2N2O3S. The van der Waals surface area contributed by atoms with Crippen molar-refractivity contribution in [2.45, 2.75) is 11.5 Å². The number of thioether (sulfide) groups is 1. The second kappa shape index (κ2) is 6.05. The molecule has 5 nitrogen and oxygen atoms in total. The van der Waals surface area contributed by atoms with Gasteiger partial charge in [0.2, 0.25) is 5.91 Å². The Morgan fingerprint density at radius 3 is 3.00 bits per heavy atom. The molecule has 1 aromatic heterocycles. The number of hydrogen-bond acceptors (Lipinski definition) is 4.